The molecule has 2 fully saturated rings. The summed E-state index contributed by atoms with van der Waals surface area (Å²) in [5.41, 5.74) is 0. The van der Waals surface area contributed by atoms with Crippen molar-refractivity contribution in [3.63, 3.8) is 0 Å². The van der Waals surface area contributed by atoms with Gasteiger partial charge in [-0.1, -0.05) is 0 Å². The van der Waals surface area contributed by atoms with Gasteiger partial charge in [0.15, 0.2) is 0 Å². The first-order valence-corrected chi connectivity index (χ1v) is 5.91. The largest absolute Gasteiger partial charge is 0.333 e. The van der Waals surface area contributed by atoms with Crippen molar-refractivity contribution in [3.05, 3.63) is 0 Å². The molecule has 0 N–H and O–H groups in total. The summed E-state index contributed by atoms with van der Waals surface area (Å²) in [5, 5.41) is 1.35. The van der Waals surface area contributed by atoms with Gasteiger partial charge in [0.2, 0.25) is 0 Å². The van der Waals surface area contributed by atoms with Gasteiger partial charge in [-0.3, -0.25) is 19.2 Å². The minimum absolute atomic E-state index is 0. The number of rotatable bonds is 0. The van der Waals surface area contributed by atoms with E-state index in [1.54, 1.807) is 0 Å². The fourth-order valence-corrected chi connectivity index (χ4v) is 1.43. The number of hydrogen-bond donors (Lipinski definition) is 0. The Balaban J connectivity index is 0.00000220. The molecule has 0 amide bonds. The minimum Gasteiger partial charge on any atom is -0.333 e. The molecule has 10 nitrogen and oxygen atoms in total. The summed E-state index contributed by atoms with van der Waals surface area (Å²) in [4.78, 5) is 64.6. The van der Waals surface area contributed by atoms with Crippen LogP contribution in [0.15, 0.2) is 0 Å². The summed E-state index contributed by atoms with van der Waals surface area (Å²) in [5.74, 6) is -2.95. The van der Waals surface area contributed by atoms with Gasteiger partial charge in [-0.25, -0.2) is 0 Å². The maximum Gasteiger partial charge on any atom is 0.329 e. The van der Waals surface area contributed by atoms with E-state index in [0.717, 1.165) is 0 Å². The van der Waals surface area contributed by atoms with Crippen LogP contribution in [0.5, 0.6) is 0 Å². The highest BCUT2D eigenvalue weighted by molar-refractivity contribution is 5.79. The number of hydroxylamine groups is 4. The van der Waals surface area contributed by atoms with Crippen LogP contribution >= 0.6 is 0 Å². The first-order valence-electron chi connectivity index (χ1n) is 5.91. The highest BCUT2D eigenvalue weighted by atomic mass is 24.3. The maximum absolute atomic E-state index is 11.4. The van der Waals surface area contributed by atoms with Crippen LogP contribution in [0.3, 0.4) is 0 Å². The zero-order chi connectivity index (χ0) is 14.5. The van der Waals surface area contributed by atoms with E-state index in [0.29, 0.717) is 10.5 Å². The van der Waals surface area contributed by atoms with E-state index in [4.69, 9.17) is 19.4 Å². The van der Waals surface area contributed by atoms with Gasteiger partial charge < -0.3 is 19.4 Å². The quantitative estimate of drug-likeness (QED) is 0.496. The fraction of sp³-hybridized carbons (Fsp3) is 0.600. The number of carbonyl (C=O) groups is 4. The van der Waals surface area contributed by atoms with Gasteiger partial charge in [-0.2, -0.15) is 0 Å². The molecule has 21 heavy (non-hydrogen) atoms. The monoisotopic (exact) mass is 312 g/mol. The molecule has 0 atom stereocenters. The molecule has 11 heteroatoms. The Morgan fingerprint density at radius 2 is 0.810 bits per heavy atom. The van der Waals surface area contributed by atoms with Crippen molar-refractivity contribution in [1.82, 2.24) is 10.5 Å². The molecule has 2 aliphatic rings. The zero-order valence-corrected chi connectivity index (χ0v) is 12.5. The lowest BCUT2D eigenvalue weighted by Gasteiger charge is -2.25. The molecule has 0 aromatic heterocycles. The second-order valence-electron chi connectivity index (χ2n) is 3.97. The molecular formula is C10H12MgN2O8. The summed E-state index contributed by atoms with van der Waals surface area (Å²) in [6, 6.07) is 0. The lowest BCUT2D eigenvalue weighted by molar-refractivity contribution is -0.361. The summed E-state index contributed by atoms with van der Waals surface area (Å²) in [6.45, 7) is -0.309. The van der Waals surface area contributed by atoms with Crippen LogP contribution < -0.4 is 0 Å². The Labute approximate surface area is 135 Å². The third-order valence-corrected chi connectivity index (χ3v) is 2.35. The third-order valence-electron chi connectivity index (χ3n) is 2.35. The van der Waals surface area contributed by atoms with Crippen molar-refractivity contribution < 1.29 is 38.5 Å². The van der Waals surface area contributed by atoms with E-state index in [1.165, 1.54) is 0 Å². The fourth-order valence-electron chi connectivity index (χ4n) is 1.43. The Hall–Kier alpha value is -1.43. The molecule has 2 rings (SSSR count). The van der Waals surface area contributed by atoms with E-state index in [1.807, 2.05) is 0 Å². The smallest absolute Gasteiger partial charge is 0.329 e. The molecule has 0 spiro atoms. The second kappa shape index (κ2) is 8.12. The van der Waals surface area contributed by atoms with E-state index in [-0.39, 0.29) is 61.8 Å². The standard InChI is InChI=1S/C10H12N2O8.Mg/c13-7-1-2-8(14)18-12-6-5-11(17-7)19-9(15)3-4-10(16)20-12;/h1-6H2;. The summed E-state index contributed by atoms with van der Waals surface area (Å²) >= 11 is 0. The molecule has 0 aromatic rings. The molecule has 2 radical (unpaired) electrons. The molecule has 2 saturated heterocycles. The third kappa shape index (κ3) is 5.83. The zero-order valence-electron chi connectivity index (χ0n) is 11.1. The topological polar surface area (TPSA) is 112 Å². The maximum atomic E-state index is 11.4. The van der Waals surface area contributed by atoms with Gasteiger partial charge in [0.25, 0.3) is 0 Å². The number of nitrogens with zero attached hydrogens (tertiary/aromatic N) is 2. The Bertz CT molecular complexity index is 367. The van der Waals surface area contributed by atoms with Crippen molar-refractivity contribution in [2.24, 2.45) is 0 Å². The predicted octanol–water partition coefficient (Wildman–Crippen LogP) is -1.37. The lowest BCUT2D eigenvalue weighted by atomic mass is 10.3. The molecule has 0 unspecified atom stereocenters. The molecular weight excluding hydrogens is 300 g/mol. The van der Waals surface area contributed by atoms with Crippen LogP contribution in [0.2, 0.25) is 0 Å². The van der Waals surface area contributed by atoms with Crippen molar-refractivity contribution in [2.75, 3.05) is 13.1 Å². The van der Waals surface area contributed by atoms with E-state index in [2.05, 4.69) is 0 Å². The Morgan fingerprint density at radius 3 is 1.05 bits per heavy atom. The van der Waals surface area contributed by atoms with Crippen molar-refractivity contribution in [3.8, 4) is 0 Å². The van der Waals surface area contributed by atoms with E-state index >= 15 is 0 Å². The number of hydrogen-bond acceptors (Lipinski definition) is 10. The second-order valence-corrected chi connectivity index (χ2v) is 3.97. The SMILES string of the molecule is O=C1CCC(=O)ON2CCN(O1)OC(=O)CCC(=O)O2.[Mg]. The highest BCUT2D eigenvalue weighted by Crippen LogP contribution is 2.10. The molecule has 0 aliphatic carbocycles. The van der Waals surface area contributed by atoms with E-state index < -0.39 is 23.9 Å². The van der Waals surface area contributed by atoms with Crippen molar-refractivity contribution in [2.45, 2.75) is 25.7 Å². The van der Waals surface area contributed by atoms with Crippen LogP contribution in [-0.2, 0) is 38.5 Å². The molecule has 2 aliphatic heterocycles. The molecule has 0 saturated carbocycles. The first kappa shape index (κ1) is 17.6. The van der Waals surface area contributed by atoms with Gasteiger partial charge >= 0.3 is 23.9 Å². The van der Waals surface area contributed by atoms with Crippen LogP contribution in [0.25, 0.3) is 0 Å². The van der Waals surface area contributed by atoms with Crippen LogP contribution in [-0.4, -0.2) is 70.5 Å². The Kier molecular flexibility index (Phi) is 6.81. The summed E-state index contributed by atoms with van der Waals surface area (Å²) in [6.07, 6.45) is -1.02. The van der Waals surface area contributed by atoms with Crippen molar-refractivity contribution >= 4 is 46.9 Å². The highest BCUT2D eigenvalue weighted by Gasteiger charge is 2.27. The summed E-state index contributed by atoms with van der Waals surface area (Å²) < 4.78 is 0. The van der Waals surface area contributed by atoms with Crippen LogP contribution in [0, 0.1) is 0 Å². The van der Waals surface area contributed by atoms with Crippen LogP contribution in [0.4, 0.5) is 0 Å². The van der Waals surface area contributed by atoms with E-state index in [9.17, 15) is 19.2 Å². The number of carbonyl (C=O) groups excluding carboxylic acids is 4. The van der Waals surface area contributed by atoms with Gasteiger partial charge in [-0.15, -0.1) is 0 Å². The average Bonchev–Trinajstić information content (AvgIpc) is 2.39. The van der Waals surface area contributed by atoms with Gasteiger partial charge in [0.05, 0.1) is 38.8 Å². The van der Waals surface area contributed by atoms with Crippen molar-refractivity contribution in [1.29, 1.82) is 0 Å². The van der Waals surface area contributed by atoms with Gasteiger partial charge in [-0.05, 0) is 0 Å². The number of fused-ring (bicyclic) bond motifs is 3. The lowest BCUT2D eigenvalue weighted by Crippen LogP contribution is -2.42. The van der Waals surface area contributed by atoms with Gasteiger partial charge in [0, 0.05) is 33.5 Å². The molecule has 112 valence electrons. The summed E-state index contributed by atoms with van der Waals surface area (Å²) in [7, 11) is 0. The molecule has 0 aromatic carbocycles. The molecule has 2 heterocycles. The van der Waals surface area contributed by atoms with Gasteiger partial charge in [0.1, 0.15) is 0 Å². The normalized spacial score (nSPS) is 27.4. The average molecular weight is 313 g/mol. The minimum atomic E-state index is -0.739. The molecule has 2 bridgehead atoms. The first-order chi connectivity index (χ1) is 9.52. The van der Waals surface area contributed by atoms with Crippen LogP contribution in [0.1, 0.15) is 25.7 Å². The Morgan fingerprint density at radius 1 is 0.571 bits per heavy atom. The predicted molar refractivity (Wildman–Crippen MR) is 62.0 cm³/mol.